The number of hydrazone groups is 1. The minimum atomic E-state index is -0.699. The minimum absolute atomic E-state index is 0.192. The molecule has 4 rings (SSSR count). The summed E-state index contributed by atoms with van der Waals surface area (Å²) >= 11 is 0. The van der Waals surface area contributed by atoms with Crippen molar-refractivity contribution in [1.82, 2.24) is 19.9 Å². The zero-order chi connectivity index (χ0) is 20.4. The first-order valence-electron chi connectivity index (χ1n) is 8.99. The zero-order valence-corrected chi connectivity index (χ0v) is 15.2. The molecule has 1 fully saturated rings. The first-order valence-corrected chi connectivity index (χ1v) is 8.99. The number of halogens is 2. The number of nitriles is 1. The van der Waals surface area contributed by atoms with Gasteiger partial charge in [-0.2, -0.15) is 10.4 Å². The van der Waals surface area contributed by atoms with Crippen LogP contribution in [0.4, 0.5) is 13.6 Å². The molecule has 0 aliphatic carbocycles. The summed E-state index contributed by atoms with van der Waals surface area (Å²) in [6, 6.07) is 5.63. The Hall–Kier alpha value is -3.61. The molecule has 1 aromatic heterocycles. The smallest absolute Gasteiger partial charge is 0.341 e. The van der Waals surface area contributed by atoms with Gasteiger partial charge in [-0.1, -0.05) is 0 Å². The van der Waals surface area contributed by atoms with Gasteiger partial charge in [-0.3, -0.25) is 0 Å². The van der Waals surface area contributed by atoms with Crippen molar-refractivity contribution in [3.8, 4) is 11.9 Å². The number of hydrogen-bond donors (Lipinski definition) is 0. The van der Waals surface area contributed by atoms with E-state index in [1.807, 2.05) is 6.07 Å². The lowest BCUT2D eigenvalue weighted by Crippen LogP contribution is -2.40. The average molecular weight is 398 g/mol. The molecule has 29 heavy (non-hydrogen) atoms. The maximum atomic E-state index is 13.6. The first kappa shape index (κ1) is 18.7. The number of nitrogens with zero attached hydrogens (tertiary/aromatic N) is 6. The van der Waals surface area contributed by atoms with Crippen LogP contribution in [0.2, 0.25) is 0 Å². The van der Waals surface area contributed by atoms with Crippen LogP contribution in [0.3, 0.4) is 0 Å². The Balaban J connectivity index is 1.43. The van der Waals surface area contributed by atoms with Gasteiger partial charge in [-0.05, 0) is 17.7 Å². The van der Waals surface area contributed by atoms with E-state index < -0.39 is 17.7 Å². The van der Waals surface area contributed by atoms with Crippen molar-refractivity contribution >= 4 is 12.2 Å². The van der Waals surface area contributed by atoms with Gasteiger partial charge in [-0.15, -0.1) is 0 Å². The first-order chi connectivity index (χ1) is 14.0. The number of likely N-dealkylation sites (tertiary alicyclic amines) is 1. The van der Waals surface area contributed by atoms with Gasteiger partial charge >= 0.3 is 6.03 Å². The molecule has 8 nitrogen and oxygen atoms in total. The molecule has 0 bridgehead atoms. The van der Waals surface area contributed by atoms with Crippen LogP contribution in [0.15, 0.2) is 35.7 Å². The molecule has 2 aliphatic rings. The number of ether oxygens (including phenoxy) is 1. The highest BCUT2D eigenvalue weighted by Crippen LogP contribution is 2.31. The Morgan fingerprint density at radius 3 is 2.76 bits per heavy atom. The molecule has 2 unspecified atom stereocenters. The summed E-state index contributed by atoms with van der Waals surface area (Å²) in [4.78, 5) is 22.3. The Kier molecular flexibility index (Phi) is 5.03. The van der Waals surface area contributed by atoms with Crippen molar-refractivity contribution in [1.29, 1.82) is 5.26 Å². The quantitative estimate of drug-likeness (QED) is 0.792. The normalized spacial score (nSPS) is 20.7. The highest BCUT2D eigenvalue weighted by molar-refractivity contribution is 5.78. The maximum Gasteiger partial charge on any atom is 0.341 e. The van der Waals surface area contributed by atoms with Gasteiger partial charge in [0.15, 0.2) is 0 Å². The van der Waals surface area contributed by atoms with E-state index in [4.69, 9.17) is 10.00 Å². The molecule has 0 saturated carbocycles. The van der Waals surface area contributed by atoms with Crippen molar-refractivity contribution in [2.75, 3.05) is 13.1 Å². The van der Waals surface area contributed by atoms with Crippen LogP contribution >= 0.6 is 0 Å². The Labute approximate surface area is 165 Å². The van der Waals surface area contributed by atoms with E-state index in [1.165, 1.54) is 29.5 Å². The second-order valence-corrected chi connectivity index (χ2v) is 6.71. The third-order valence-corrected chi connectivity index (χ3v) is 4.76. The molecule has 0 N–H and O–H groups in total. The Morgan fingerprint density at radius 2 is 2.00 bits per heavy atom. The molecule has 0 radical (unpaired) electrons. The third kappa shape index (κ3) is 3.99. The average Bonchev–Trinajstić information content (AvgIpc) is 3.36. The Bertz CT molecular complexity index is 988. The number of rotatable bonds is 3. The molecule has 2 atom stereocenters. The van der Waals surface area contributed by atoms with Crippen molar-refractivity contribution in [3.05, 3.63) is 53.5 Å². The van der Waals surface area contributed by atoms with Crippen LogP contribution in [0, 0.1) is 23.0 Å². The predicted molar refractivity (Wildman–Crippen MR) is 96.8 cm³/mol. The summed E-state index contributed by atoms with van der Waals surface area (Å²) in [5.41, 5.74) is 0.544. The molecule has 0 spiro atoms. The standard InChI is InChI=1S/C19H16F2N6O2/c20-13-5-12(6-14(21)7-13)17-1-3-25-27(17)19(28)26-4-2-16(10-26)29-18-8-15(9-22)23-11-24-18/h3,5-8,11,16-17H,1-2,4,10H2. The van der Waals surface area contributed by atoms with Crippen LogP contribution < -0.4 is 4.74 Å². The fraction of sp³-hybridized carbons (Fsp3) is 0.316. The summed E-state index contributed by atoms with van der Waals surface area (Å²) in [7, 11) is 0. The third-order valence-electron chi connectivity index (χ3n) is 4.76. The number of carbonyl (C=O) groups excluding carboxylic acids is 1. The minimum Gasteiger partial charge on any atom is -0.472 e. The highest BCUT2D eigenvalue weighted by Gasteiger charge is 2.36. The number of aromatic nitrogens is 2. The van der Waals surface area contributed by atoms with Crippen LogP contribution in [0.5, 0.6) is 5.88 Å². The number of urea groups is 1. The summed E-state index contributed by atoms with van der Waals surface area (Å²) in [5.74, 6) is -1.13. The molecule has 1 aromatic carbocycles. The van der Waals surface area contributed by atoms with Crippen LogP contribution in [-0.2, 0) is 0 Å². The van der Waals surface area contributed by atoms with Crippen LogP contribution in [-0.4, -0.2) is 51.3 Å². The predicted octanol–water partition coefficient (Wildman–Crippen LogP) is 2.63. The van der Waals surface area contributed by atoms with E-state index in [0.717, 1.165) is 6.07 Å². The van der Waals surface area contributed by atoms with Crippen molar-refractivity contribution < 1.29 is 18.3 Å². The highest BCUT2D eigenvalue weighted by atomic mass is 19.1. The van der Waals surface area contributed by atoms with Gasteiger partial charge in [0, 0.05) is 37.7 Å². The van der Waals surface area contributed by atoms with E-state index in [0.29, 0.717) is 31.5 Å². The molecule has 1 saturated heterocycles. The summed E-state index contributed by atoms with van der Waals surface area (Å²) in [6.07, 6.45) is 3.46. The number of benzene rings is 1. The molecule has 2 amide bonds. The SMILES string of the molecule is N#Cc1cc(OC2CCN(C(=O)N3N=CCC3c3cc(F)cc(F)c3)C2)ncn1. The summed E-state index contributed by atoms with van der Waals surface area (Å²) in [5, 5.41) is 14.2. The van der Waals surface area contributed by atoms with Gasteiger partial charge < -0.3 is 9.64 Å². The van der Waals surface area contributed by atoms with Crippen molar-refractivity contribution in [2.45, 2.75) is 25.0 Å². The lowest BCUT2D eigenvalue weighted by molar-refractivity contribution is 0.141. The summed E-state index contributed by atoms with van der Waals surface area (Å²) in [6.45, 7) is 0.747. The van der Waals surface area contributed by atoms with Gasteiger partial charge in [0.05, 0.1) is 12.6 Å². The van der Waals surface area contributed by atoms with E-state index >= 15 is 0 Å². The van der Waals surface area contributed by atoms with E-state index in [-0.39, 0.29) is 23.7 Å². The molecule has 10 heteroatoms. The van der Waals surface area contributed by atoms with Crippen LogP contribution in [0.1, 0.15) is 30.1 Å². The molecule has 2 aliphatic heterocycles. The second kappa shape index (κ2) is 7.79. The van der Waals surface area contributed by atoms with Crippen molar-refractivity contribution in [3.63, 3.8) is 0 Å². The molecule has 2 aromatic rings. The van der Waals surface area contributed by atoms with E-state index in [9.17, 15) is 13.6 Å². The second-order valence-electron chi connectivity index (χ2n) is 6.71. The number of hydrogen-bond acceptors (Lipinski definition) is 6. The molecular formula is C19H16F2N6O2. The number of carbonyl (C=O) groups is 1. The van der Waals surface area contributed by atoms with Crippen molar-refractivity contribution in [2.24, 2.45) is 5.10 Å². The molecule has 3 heterocycles. The maximum absolute atomic E-state index is 13.6. The zero-order valence-electron chi connectivity index (χ0n) is 15.2. The van der Waals surface area contributed by atoms with Gasteiger partial charge in [-0.25, -0.2) is 28.6 Å². The van der Waals surface area contributed by atoms with Gasteiger partial charge in [0.2, 0.25) is 5.88 Å². The van der Waals surface area contributed by atoms with Gasteiger partial charge in [0.1, 0.15) is 35.8 Å². The number of amides is 2. The lowest BCUT2D eigenvalue weighted by atomic mass is 10.0. The van der Waals surface area contributed by atoms with Gasteiger partial charge in [0.25, 0.3) is 0 Å². The van der Waals surface area contributed by atoms with E-state index in [2.05, 4.69) is 15.1 Å². The Morgan fingerprint density at radius 1 is 1.21 bits per heavy atom. The fourth-order valence-electron chi connectivity index (χ4n) is 3.42. The topological polar surface area (TPSA) is 94.7 Å². The van der Waals surface area contributed by atoms with Crippen LogP contribution in [0.25, 0.3) is 0 Å². The molecule has 148 valence electrons. The summed E-state index contributed by atoms with van der Waals surface area (Å²) < 4.78 is 32.9. The monoisotopic (exact) mass is 398 g/mol. The fourth-order valence-corrected chi connectivity index (χ4v) is 3.42. The van der Waals surface area contributed by atoms with E-state index in [1.54, 1.807) is 11.1 Å². The largest absolute Gasteiger partial charge is 0.472 e. The molecular weight excluding hydrogens is 382 g/mol. The lowest BCUT2D eigenvalue weighted by Gasteiger charge is -2.27.